The van der Waals surface area contributed by atoms with E-state index < -0.39 is 0 Å². The molecule has 3 rings (SSSR count). The molecule has 19 heavy (non-hydrogen) atoms. The second-order valence-electron chi connectivity index (χ2n) is 4.54. The van der Waals surface area contributed by atoms with Gasteiger partial charge in [0.1, 0.15) is 5.82 Å². The first kappa shape index (κ1) is 11.9. The van der Waals surface area contributed by atoms with Crippen LogP contribution >= 0.6 is 0 Å². The third-order valence-electron chi connectivity index (χ3n) is 3.28. The fraction of sp³-hybridized carbons (Fsp3) is 0.125. The Morgan fingerprint density at radius 3 is 2.58 bits per heavy atom. The van der Waals surface area contributed by atoms with Crippen LogP contribution in [0.5, 0.6) is 0 Å². The molecular formula is C16H14FNO. The molecule has 0 saturated heterocycles. The molecule has 0 fully saturated rings. The van der Waals surface area contributed by atoms with Crippen LogP contribution in [0.2, 0.25) is 0 Å². The van der Waals surface area contributed by atoms with E-state index in [-0.39, 0.29) is 12.4 Å². The maximum absolute atomic E-state index is 12.9. The molecule has 0 spiro atoms. The van der Waals surface area contributed by atoms with Crippen molar-refractivity contribution in [3.05, 3.63) is 59.9 Å². The molecule has 0 atom stereocenters. The van der Waals surface area contributed by atoms with E-state index in [1.165, 1.54) is 12.1 Å². The predicted molar refractivity (Wildman–Crippen MR) is 74.5 cm³/mol. The molecule has 2 nitrogen and oxygen atoms in total. The smallest absolute Gasteiger partial charge is 0.123 e. The summed E-state index contributed by atoms with van der Waals surface area (Å²) >= 11 is 0. The van der Waals surface area contributed by atoms with Gasteiger partial charge in [0.2, 0.25) is 0 Å². The molecule has 0 bridgehead atoms. The van der Waals surface area contributed by atoms with Crippen LogP contribution in [0.1, 0.15) is 5.56 Å². The van der Waals surface area contributed by atoms with E-state index in [2.05, 4.69) is 4.98 Å². The molecule has 0 unspecified atom stereocenters. The number of H-pyrrole nitrogens is 1. The Bertz CT molecular complexity index is 700. The number of aromatic nitrogens is 1. The van der Waals surface area contributed by atoms with Gasteiger partial charge in [0.15, 0.2) is 0 Å². The fourth-order valence-corrected chi connectivity index (χ4v) is 2.33. The lowest BCUT2D eigenvalue weighted by atomic mass is 10.1. The SMILES string of the molecule is OCCc1cccc2cc(-c3ccc(F)cc3)[nH]c12. The van der Waals surface area contributed by atoms with E-state index in [9.17, 15) is 4.39 Å². The molecule has 2 aromatic carbocycles. The van der Waals surface area contributed by atoms with Crippen molar-refractivity contribution >= 4 is 10.9 Å². The molecule has 1 aromatic heterocycles. The number of aromatic amines is 1. The molecule has 0 saturated carbocycles. The van der Waals surface area contributed by atoms with Crippen molar-refractivity contribution in [1.29, 1.82) is 0 Å². The van der Waals surface area contributed by atoms with Gasteiger partial charge in [0.05, 0.1) is 0 Å². The summed E-state index contributed by atoms with van der Waals surface area (Å²) in [5, 5.41) is 10.2. The lowest BCUT2D eigenvalue weighted by Gasteiger charge is -2.00. The minimum atomic E-state index is -0.235. The number of aliphatic hydroxyl groups excluding tert-OH is 1. The highest BCUT2D eigenvalue weighted by atomic mass is 19.1. The summed E-state index contributed by atoms with van der Waals surface area (Å²) in [7, 11) is 0. The van der Waals surface area contributed by atoms with Crippen LogP contribution in [-0.2, 0) is 6.42 Å². The highest BCUT2D eigenvalue weighted by Crippen LogP contribution is 2.26. The molecule has 0 radical (unpaired) electrons. The second-order valence-corrected chi connectivity index (χ2v) is 4.54. The summed E-state index contributed by atoms with van der Waals surface area (Å²) in [5.74, 6) is -0.235. The number of para-hydroxylation sites is 1. The minimum Gasteiger partial charge on any atom is -0.396 e. The van der Waals surface area contributed by atoms with Gasteiger partial charge in [-0.05, 0) is 47.9 Å². The molecule has 0 aliphatic heterocycles. The van der Waals surface area contributed by atoms with Crippen LogP contribution in [0.15, 0.2) is 48.5 Å². The predicted octanol–water partition coefficient (Wildman–Crippen LogP) is 3.51. The summed E-state index contributed by atoms with van der Waals surface area (Å²) in [6.45, 7) is 0.129. The van der Waals surface area contributed by atoms with Gasteiger partial charge in [-0.3, -0.25) is 0 Å². The zero-order valence-electron chi connectivity index (χ0n) is 10.4. The Labute approximate surface area is 110 Å². The number of rotatable bonds is 3. The number of hydrogen-bond donors (Lipinski definition) is 2. The minimum absolute atomic E-state index is 0.129. The lowest BCUT2D eigenvalue weighted by Crippen LogP contribution is -1.91. The van der Waals surface area contributed by atoms with Gasteiger partial charge in [-0.2, -0.15) is 0 Å². The Balaban J connectivity index is 2.11. The van der Waals surface area contributed by atoms with Gasteiger partial charge in [-0.1, -0.05) is 18.2 Å². The molecule has 3 heteroatoms. The van der Waals surface area contributed by atoms with E-state index in [1.54, 1.807) is 12.1 Å². The van der Waals surface area contributed by atoms with E-state index in [0.29, 0.717) is 6.42 Å². The van der Waals surface area contributed by atoms with Gasteiger partial charge in [0.25, 0.3) is 0 Å². The molecule has 0 amide bonds. The maximum Gasteiger partial charge on any atom is 0.123 e. The standard InChI is InChI=1S/C16H14FNO/c17-14-6-4-11(5-7-14)15-10-13-3-1-2-12(8-9-19)16(13)18-15/h1-7,10,18-19H,8-9H2. The summed E-state index contributed by atoms with van der Waals surface area (Å²) in [6.07, 6.45) is 0.626. The van der Waals surface area contributed by atoms with Crippen molar-refractivity contribution in [1.82, 2.24) is 4.98 Å². The van der Waals surface area contributed by atoms with Crippen molar-refractivity contribution in [2.24, 2.45) is 0 Å². The van der Waals surface area contributed by atoms with Gasteiger partial charge < -0.3 is 10.1 Å². The normalized spacial score (nSPS) is 11.1. The zero-order valence-corrected chi connectivity index (χ0v) is 10.4. The van der Waals surface area contributed by atoms with Gasteiger partial charge >= 0.3 is 0 Å². The van der Waals surface area contributed by atoms with Gasteiger partial charge in [-0.15, -0.1) is 0 Å². The molecule has 0 aliphatic carbocycles. The first-order valence-corrected chi connectivity index (χ1v) is 6.25. The third kappa shape index (κ3) is 2.25. The van der Waals surface area contributed by atoms with Crippen LogP contribution < -0.4 is 0 Å². The van der Waals surface area contributed by atoms with E-state index in [0.717, 1.165) is 27.7 Å². The third-order valence-corrected chi connectivity index (χ3v) is 3.28. The highest BCUT2D eigenvalue weighted by molar-refractivity contribution is 5.88. The first-order chi connectivity index (χ1) is 9.28. The van der Waals surface area contributed by atoms with E-state index in [4.69, 9.17) is 5.11 Å². The first-order valence-electron chi connectivity index (χ1n) is 6.25. The Morgan fingerprint density at radius 1 is 1.05 bits per heavy atom. The summed E-state index contributed by atoms with van der Waals surface area (Å²) in [6, 6.07) is 14.5. The summed E-state index contributed by atoms with van der Waals surface area (Å²) in [4.78, 5) is 3.35. The number of fused-ring (bicyclic) bond motifs is 1. The molecule has 2 N–H and O–H groups in total. The van der Waals surface area contributed by atoms with Gasteiger partial charge in [-0.25, -0.2) is 4.39 Å². The van der Waals surface area contributed by atoms with Crippen molar-refractivity contribution < 1.29 is 9.50 Å². The van der Waals surface area contributed by atoms with Gasteiger partial charge in [0, 0.05) is 23.2 Å². The number of halogens is 1. The second kappa shape index (κ2) is 4.86. The van der Waals surface area contributed by atoms with E-state index >= 15 is 0 Å². The number of benzene rings is 2. The topological polar surface area (TPSA) is 36.0 Å². The number of aliphatic hydroxyl groups is 1. The van der Waals surface area contributed by atoms with Crippen LogP contribution in [-0.4, -0.2) is 16.7 Å². The van der Waals surface area contributed by atoms with Crippen LogP contribution in [0.4, 0.5) is 4.39 Å². The molecule has 96 valence electrons. The van der Waals surface area contributed by atoms with Crippen LogP contribution in [0.3, 0.4) is 0 Å². The quantitative estimate of drug-likeness (QED) is 0.738. The fourth-order valence-electron chi connectivity index (χ4n) is 2.33. The average Bonchev–Trinajstić information content (AvgIpc) is 2.85. The monoisotopic (exact) mass is 255 g/mol. The molecule has 0 aliphatic rings. The Hall–Kier alpha value is -2.13. The maximum atomic E-state index is 12.9. The number of nitrogens with one attached hydrogen (secondary N) is 1. The van der Waals surface area contributed by atoms with Crippen LogP contribution in [0, 0.1) is 5.82 Å². The van der Waals surface area contributed by atoms with E-state index in [1.807, 2.05) is 24.3 Å². The molecule has 3 aromatic rings. The van der Waals surface area contributed by atoms with Crippen molar-refractivity contribution in [2.45, 2.75) is 6.42 Å². The lowest BCUT2D eigenvalue weighted by molar-refractivity contribution is 0.300. The highest BCUT2D eigenvalue weighted by Gasteiger charge is 2.06. The number of hydrogen-bond acceptors (Lipinski definition) is 1. The Kier molecular flexibility index (Phi) is 3.05. The summed E-state index contributed by atoms with van der Waals surface area (Å²) in [5.41, 5.74) is 4.04. The zero-order chi connectivity index (χ0) is 13.2. The molecular weight excluding hydrogens is 241 g/mol. The van der Waals surface area contributed by atoms with Crippen molar-refractivity contribution in [3.63, 3.8) is 0 Å². The Morgan fingerprint density at radius 2 is 1.84 bits per heavy atom. The van der Waals surface area contributed by atoms with Crippen molar-refractivity contribution in [2.75, 3.05) is 6.61 Å². The van der Waals surface area contributed by atoms with Crippen LogP contribution in [0.25, 0.3) is 22.2 Å². The summed E-state index contributed by atoms with van der Waals surface area (Å²) < 4.78 is 12.9. The van der Waals surface area contributed by atoms with Crippen molar-refractivity contribution in [3.8, 4) is 11.3 Å². The molecule has 1 heterocycles. The average molecular weight is 255 g/mol. The largest absolute Gasteiger partial charge is 0.396 e.